The molecule has 2 rings (SSSR count). The second-order valence-corrected chi connectivity index (χ2v) is 7.67. The van der Waals surface area contributed by atoms with Crippen LogP contribution in [0.1, 0.15) is 12.5 Å². The van der Waals surface area contributed by atoms with Gasteiger partial charge in [0.2, 0.25) is 0 Å². The number of benzene rings is 2. The summed E-state index contributed by atoms with van der Waals surface area (Å²) in [5.41, 5.74) is 0.151. The van der Waals surface area contributed by atoms with Gasteiger partial charge in [0.1, 0.15) is 6.04 Å². The molecule has 0 aliphatic rings. The van der Waals surface area contributed by atoms with Gasteiger partial charge in [-0.2, -0.15) is 4.31 Å². The minimum absolute atomic E-state index is 0.0442. The number of carbonyl (C=O) groups excluding carboxylic acids is 1. The number of nitrogens with one attached hydrogen (secondary N) is 1. The van der Waals surface area contributed by atoms with E-state index in [2.05, 4.69) is 0 Å². The van der Waals surface area contributed by atoms with Gasteiger partial charge in [-0.25, -0.2) is 13.9 Å². The molecule has 1 unspecified atom stereocenters. The van der Waals surface area contributed by atoms with E-state index in [1.54, 1.807) is 0 Å². The van der Waals surface area contributed by atoms with Crippen molar-refractivity contribution in [3.8, 4) is 0 Å². The molecule has 1 atom stereocenters. The van der Waals surface area contributed by atoms with Gasteiger partial charge in [-0.15, -0.1) is 0 Å². The van der Waals surface area contributed by atoms with E-state index < -0.39 is 54.6 Å². The number of nitro groups is 2. The molecule has 2 N–H and O–H groups in total. The van der Waals surface area contributed by atoms with Crippen LogP contribution in [0.15, 0.2) is 53.4 Å². The maximum atomic E-state index is 13.2. The van der Waals surface area contributed by atoms with Gasteiger partial charge in [-0.05, 0) is 13.0 Å². The molecule has 0 heterocycles. The van der Waals surface area contributed by atoms with Gasteiger partial charge in [-0.1, -0.05) is 30.3 Å². The zero-order chi connectivity index (χ0) is 21.8. The van der Waals surface area contributed by atoms with E-state index in [0.29, 0.717) is 4.31 Å². The maximum Gasteiger partial charge on any atom is 0.289 e. The Hall–Kier alpha value is -3.42. The third-order valence-corrected chi connectivity index (χ3v) is 6.05. The highest BCUT2D eigenvalue weighted by Crippen LogP contribution is 2.30. The Bertz CT molecular complexity index is 1060. The van der Waals surface area contributed by atoms with E-state index in [1.165, 1.54) is 35.8 Å². The monoisotopic (exact) mass is 424 g/mol. The second-order valence-electron chi connectivity index (χ2n) is 5.81. The predicted molar refractivity (Wildman–Crippen MR) is 98.3 cm³/mol. The van der Waals surface area contributed by atoms with Crippen LogP contribution in [0.2, 0.25) is 0 Å². The minimum atomic E-state index is -4.67. The van der Waals surface area contributed by atoms with Crippen LogP contribution >= 0.6 is 0 Å². The lowest BCUT2D eigenvalue weighted by Crippen LogP contribution is -2.46. The normalized spacial score (nSPS) is 12.4. The number of hydroxylamine groups is 1. The van der Waals surface area contributed by atoms with Crippen molar-refractivity contribution in [1.29, 1.82) is 0 Å². The van der Waals surface area contributed by atoms with Gasteiger partial charge in [0.15, 0.2) is 4.90 Å². The molecule has 12 nitrogen and oxygen atoms in total. The van der Waals surface area contributed by atoms with Crippen molar-refractivity contribution in [1.82, 2.24) is 9.79 Å². The topological polar surface area (TPSA) is 173 Å². The van der Waals surface area contributed by atoms with E-state index in [1.807, 2.05) is 0 Å². The first kappa shape index (κ1) is 21.9. The van der Waals surface area contributed by atoms with Crippen LogP contribution < -0.4 is 5.48 Å². The van der Waals surface area contributed by atoms with Gasteiger partial charge in [0.25, 0.3) is 27.3 Å². The number of sulfonamides is 1. The number of nitrogens with zero attached hydrogens (tertiary/aromatic N) is 3. The summed E-state index contributed by atoms with van der Waals surface area (Å²) in [7, 11) is -4.67. The van der Waals surface area contributed by atoms with Crippen LogP contribution in [-0.4, -0.2) is 39.7 Å². The lowest BCUT2D eigenvalue weighted by atomic mass is 10.1. The fourth-order valence-corrected chi connectivity index (χ4v) is 4.33. The average molecular weight is 424 g/mol. The molecule has 154 valence electrons. The van der Waals surface area contributed by atoms with E-state index in [0.717, 1.165) is 25.1 Å². The number of nitro benzene ring substituents is 2. The molecular weight excluding hydrogens is 408 g/mol. The number of amides is 1. The summed E-state index contributed by atoms with van der Waals surface area (Å²) in [6, 6.07) is 8.24. The highest BCUT2D eigenvalue weighted by atomic mass is 32.2. The Morgan fingerprint density at radius 3 is 2.14 bits per heavy atom. The second kappa shape index (κ2) is 8.72. The number of hydrogen-bond donors (Lipinski definition) is 2. The van der Waals surface area contributed by atoms with Crippen LogP contribution in [0.4, 0.5) is 11.4 Å². The SMILES string of the molecule is CC(C(=O)NO)N(Cc1ccccc1[N+](=O)[O-])S(=O)(=O)c1ccccc1[N+](=O)[O-]. The number of rotatable bonds is 8. The van der Waals surface area contributed by atoms with E-state index in [9.17, 15) is 33.4 Å². The largest absolute Gasteiger partial charge is 0.289 e. The number of para-hydroxylation sites is 2. The van der Waals surface area contributed by atoms with Crippen molar-refractivity contribution < 1.29 is 28.3 Å². The third kappa shape index (κ3) is 4.53. The summed E-state index contributed by atoms with van der Waals surface area (Å²) >= 11 is 0. The molecule has 2 aromatic carbocycles. The molecule has 0 radical (unpaired) electrons. The Morgan fingerprint density at radius 1 is 1.07 bits per heavy atom. The summed E-state index contributed by atoms with van der Waals surface area (Å²) in [6.45, 7) is 0.493. The molecule has 0 saturated carbocycles. The fourth-order valence-electron chi connectivity index (χ4n) is 2.60. The molecule has 0 aliphatic heterocycles. The molecule has 0 spiro atoms. The Kier molecular flexibility index (Phi) is 6.58. The van der Waals surface area contributed by atoms with Gasteiger partial charge in [-0.3, -0.25) is 30.2 Å². The molecule has 0 aromatic heterocycles. The molecule has 0 fully saturated rings. The van der Waals surface area contributed by atoms with Gasteiger partial charge >= 0.3 is 0 Å². The third-order valence-electron chi connectivity index (χ3n) is 4.08. The van der Waals surface area contributed by atoms with Crippen molar-refractivity contribution in [2.24, 2.45) is 0 Å². The van der Waals surface area contributed by atoms with Crippen LogP contribution in [0, 0.1) is 20.2 Å². The predicted octanol–water partition coefficient (Wildman–Crippen LogP) is 1.59. The van der Waals surface area contributed by atoms with Crippen LogP contribution in [0.3, 0.4) is 0 Å². The number of carbonyl (C=O) groups is 1. The zero-order valence-corrected chi connectivity index (χ0v) is 15.8. The van der Waals surface area contributed by atoms with Crippen LogP contribution in [0.25, 0.3) is 0 Å². The molecule has 0 aliphatic carbocycles. The molecule has 13 heteroatoms. The first-order chi connectivity index (χ1) is 13.6. The van der Waals surface area contributed by atoms with Crippen LogP contribution in [-0.2, 0) is 21.4 Å². The highest BCUT2D eigenvalue weighted by Gasteiger charge is 2.38. The van der Waals surface area contributed by atoms with Crippen molar-refractivity contribution in [2.45, 2.75) is 24.4 Å². The van der Waals surface area contributed by atoms with Gasteiger partial charge < -0.3 is 0 Å². The molecule has 2 aromatic rings. The van der Waals surface area contributed by atoms with Crippen LogP contribution in [0.5, 0.6) is 0 Å². The lowest BCUT2D eigenvalue weighted by molar-refractivity contribution is -0.387. The molecular formula is C16H16N4O8S. The zero-order valence-electron chi connectivity index (χ0n) is 15.0. The van der Waals surface area contributed by atoms with Gasteiger partial charge in [0, 0.05) is 24.2 Å². The van der Waals surface area contributed by atoms with Crippen molar-refractivity contribution in [3.63, 3.8) is 0 Å². The Morgan fingerprint density at radius 2 is 1.59 bits per heavy atom. The maximum absolute atomic E-state index is 13.2. The van der Waals surface area contributed by atoms with Crippen molar-refractivity contribution in [2.75, 3.05) is 0 Å². The fraction of sp³-hybridized carbons (Fsp3) is 0.188. The van der Waals surface area contributed by atoms with E-state index in [-0.39, 0.29) is 5.56 Å². The van der Waals surface area contributed by atoms with E-state index in [4.69, 9.17) is 5.21 Å². The summed E-state index contributed by atoms with van der Waals surface area (Å²) in [5, 5.41) is 31.4. The first-order valence-corrected chi connectivity index (χ1v) is 9.46. The highest BCUT2D eigenvalue weighted by molar-refractivity contribution is 7.89. The smallest absolute Gasteiger partial charge is 0.289 e. The Labute approximate surface area is 164 Å². The van der Waals surface area contributed by atoms with Crippen molar-refractivity contribution in [3.05, 3.63) is 74.3 Å². The molecule has 0 saturated heterocycles. The molecule has 29 heavy (non-hydrogen) atoms. The molecule has 0 bridgehead atoms. The Balaban J connectivity index is 2.65. The summed E-state index contributed by atoms with van der Waals surface area (Å²) in [6.07, 6.45) is 0. The van der Waals surface area contributed by atoms with Gasteiger partial charge in [0.05, 0.1) is 9.85 Å². The average Bonchev–Trinajstić information content (AvgIpc) is 2.70. The standard InChI is InChI=1S/C16H16N4O8S/c1-11(16(21)17-22)18(10-12-6-2-3-7-13(12)19(23)24)29(27,28)15-9-5-4-8-14(15)20(25)26/h2-9,11,22H,10H2,1H3,(H,17,21). The number of hydrogen-bond acceptors (Lipinski definition) is 8. The molecule has 1 amide bonds. The van der Waals surface area contributed by atoms with Crippen molar-refractivity contribution >= 4 is 27.3 Å². The summed E-state index contributed by atoms with van der Waals surface area (Å²) in [4.78, 5) is 32.1. The first-order valence-electron chi connectivity index (χ1n) is 8.02. The summed E-state index contributed by atoms with van der Waals surface area (Å²) < 4.78 is 26.9. The summed E-state index contributed by atoms with van der Waals surface area (Å²) in [5.74, 6) is -1.12. The van der Waals surface area contributed by atoms with E-state index >= 15 is 0 Å². The quantitative estimate of drug-likeness (QED) is 0.365. The lowest BCUT2D eigenvalue weighted by Gasteiger charge is -2.26. The minimum Gasteiger partial charge on any atom is -0.289 e.